The molecule has 1 saturated carbocycles. The van der Waals surface area contributed by atoms with Crippen LogP contribution in [-0.4, -0.2) is 43.3 Å². The highest BCUT2D eigenvalue weighted by Crippen LogP contribution is 2.33. The minimum Gasteiger partial charge on any atom is -0.309 e. The molecule has 1 aliphatic carbocycles. The van der Waals surface area contributed by atoms with Gasteiger partial charge in [0.05, 0.1) is 4.90 Å². The number of nitriles is 1. The smallest absolute Gasteiger partial charge is 0.244 e. The van der Waals surface area contributed by atoms with Gasteiger partial charge in [-0.1, -0.05) is 35.2 Å². The van der Waals surface area contributed by atoms with E-state index < -0.39 is 10.0 Å². The maximum Gasteiger partial charge on any atom is 0.244 e. The molecule has 0 aromatic heterocycles. The summed E-state index contributed by atoms with van der Waals surface area (Å²) in [6.45, 7) is 1.65. The number of nitrogens with zero attached hydrogens (tertiary/aromatic N) is 3. The molecule has 1 aromatic carbocycles. The molecule has 142 valence electrons. The molecule has 0 amide bonds. The van der Waals surface area contributed by atoms with E-state index in [-0.39, 0.29) is 10.9 Å². The van der Waals surface area contributed by atoms with Crippen molar-refractivity contribution in [3.05, 3.63) is 27.1 Å². The van der Waals surface area contributed by atoms with Gasteiger partial charge in [0.25, 0.3) is 0 Å². The zero-order chi connectivity index (χ0) is 18.7. The van der Waals surface area contributed by atoms with Crippen LogP contribution in [0.4, 0.5) is 0 Å². The van der Waals surface area contributed by atoms with Crippen molar-refractivity contribution in [1.29, 1.82) is 5.26 Å². The lowest BCUT2D eigenvalue weighted by molar-refractivity contribution is 0.240. The van der Waals surface area contributed by atoms with Crippen LogP contribution in [0.2, 0.25) is 0 Å². The Balaban J connectivity index is 1.93. The number of halogens is 2. The predicted octanol–water partition coefficient (Wildman–Crippen LogP) is 4.34. The molecule has 0 bridgehead atoms. The van der Waals surface area contributed by atoms with Crippen LogP contribution in [0.3, 0.4) is 0 Å². The topological polar surface area (TPSA) is 64.4 Å². The quantitative estimate of drug-likeness (QED) is 0.559. The van der Waals surface area contributed by atoms with Crippen molar-refractivity contribution in [2.45, 2.75) is 49.5 Å². The fourth-order valence-corrected chi connectivity index (χ4v) is 7.12. The first-order valence-corrected chi connectivity index (χ1v) is 12.1. The van der Waals surface area contributed by atoms with Crippen molar-refractivity contribution in [2.24, 2.45) is 5.92 Å². The third-order valence-electron chi connectivity index (χ3n) is 5.35. The first-order valence-electron chi connectivity index (χ1n) is 9.03. The standard InChI is InChI=1S/C18H23Br2N3O2S/c19-15-6-7-17(20)18(10-15)26(24,25)23(11-14-4-2-1-3-5-14)16-8-9-22(12-16)13-21/h6-7,10,14,16H,1-5,8-9,11-12H2. The molecule has 5 nitrogen and oxygen atoms in total. The number of hydrogen-bond acceptors (Lipinski definition) is 4. The van der Waals surface area contributed by atoms with Crippen molar-refractivity contribution in [1.82, 2.24) is 9.21 Å². The number of hydrogen-bond donors (Lipinski definition) is 0. The Morgan fingerprint density at radius 3 is 2.58 bits per heavy atom. The van der Waals surface area contributed by atoms with Gasteiger partial charge in [0.1, 0.15) is 0 Å². The molecular formula is C18H23Br2N3O2S. The molecule has 0 N–H and O–H groups in total. The minimum absolute atomic E-state index is 0.146. The Morgan fingerprint density at radius 2 is 1.92 bits per heavy atom. The second-order valence-corrected chi connectivity index (χ2v) is 10.8. The zero-order valence-electron chi connectivity index (χ0n) is 14.6. The Kier molecular flexibility index (Phi) is 6.65. The first-order chi connectivity index (χ1) is 12.4. The summed E-state index contributed by atoms with van der Waals surface area (Å²) in [5.41, 5.74) is 0. The van der Waals surface area contributed by atoms with Crippen LogP contribution in [0.25, 0.3) is 0 Å². The molecule has 0 spiro atoms. The fourth-order valence-electron chi connectivity index (χ4n) is 3.94. The Bertz CT molecular complexity index is 788. The van der Waals surface area contributed by atoms with E-state index in [0.29, 0.717) is 36.4 Å². The second-order valence-electron chi connectivity index (χ2n) is 7.14. The molecule has 1 aliphatic heterocycles. The largest absolute Gasteiger partial charge is 0.309 e. The highest BCUT2D eigenvalue weighted by Gasteiger charge is 2.38. The van der Waals surface area contributed by atoms with E-state index >= 15 is 0 Å². The highest BCUT2D eigenvalue weighted by atomic mass is 79.9. The van der Waals surface area contributed by atoms with Crippen molar-refractivity contribution in [3.8, 4) is 6.19 Å². The maximum absolute atomic E-state index is 13.5. The third kappa shape index (κ3) is 4.44. The number of benzene rings is 1. The van der Waals surface area contributed by atoms with E-state index in [1.165, 1.54) is 19.3 Å². The summed E-state index contributed by atoms with van der Waals surface area (Å²) in [6.07, 6.45) is 8.62. The van der Waals surface area contributed by atoms with E-state index in [4.69, 9.17) is 0 Å². The van der Waals surface area contributed by atoms with Gasteiger partial charge in [0.2, 0.25) is 10.0 Å². The van der Waals surface area contributed by atoms with Crippen LogP contribution in [-0.2, 0) is 10.0 Å². The summed E-state index contributed by atoms with van der Waals surface area (Å²) >= 11 is 6.79. The monoisotopic (exact) mass is 503 g/mol. The van der Waals surface area contributed by atoms with Crippen LogP contribution in [0.1, 0.15) is 38.5 Å². The lowest BCUT2D eigenvalue weighted by atomic mass is 9.89. The number of rotatable bonds is 5. The van der Waals surface area contributed by atoms with E-state index in [1.807, 2.05) is 6.07 Å². The second kappa shape index (κ2) is 8.59. The number of likely N-dealkylation sites (tertiary alicyclic amines) is 1. The molecule has 1 aromatic rings. The van der Waals surface area contributed by atoms with Crippen LogP contribution >= 0.6 is 31.9 Å². The maximum atomic E-state index is 13.5. The summed E-state index contributed by atoms with van der Waals surface area (Å²) in [7, 11) is -3.65. The van der Waals surface area contributed by atoms with Crippen molar-refractivity contribution in [3.63, 3.8) is 0 Å². The molecule has 1 saturated heterocycles. The van der Waals surface area contributed by atoms with Gasteiger partial charge in [0.15, 0.2) is 6.19 Å². The number of sulfonamides is 1. The normalized spacial score (nSPS) is 21.9. The molecule has 1 unspecified atom stereocenters. The molecule has 1 heterocycles. The van der Waals surface area contributed by atoms with Gasteiger partial charge in [-0.25, -0.2) is 8.42 Å². The van der Waals surface area contributed by atoms with E-state index in [9.17, 15) is 13.7 Å². The van der Waals surface area contributed by atoms with Gasteiger partial charge in [-0.05, 0) is 59.3 Å². The predicted molar refractivity (Wildman–Crippen MR) is 108 cm³/mol. The first kappa shape index (κ1) is 20.1. The van der Waals surface area contributed by atoms with Crippen LogP contribution in [0.5, 0.6) is 0 Å². The lowest BCUT2D eigenvalue weighted by Gasteiger charge is -2.33. The van der Waals surface area contributed by atoms with Crippen molar-refractivity contribution in [2.75, 3.05) is 19.6 Å². The Hall–Kier alpha value is -0.620. The molecule has 26 heavy (non-hydrogen) atoms. The molecule has 3 rings (SSSR count). The molecule has 2 fully saturated rings. The molecule has 0 radical (unpaired) electrons. The van der Waals surface area contributed by atoms with Gasteiger partial charge < -0.3 is 4.90 Å². The van der Waals surface area contributed by atoms with Gasteiger partial charge in [-0.15, -0.1) is 0 Å². The minimum atomic E-state index is -3.65. The average Bonchev–Trinajstić information content (AvgIpc) is 3.11. The van der Waals surface area contributed by atoms with Gasteiger partial charge in [0, 0.05) is 34.6 Å². The van der Waals surface area contributed by atoms with E-state index in [0.717, 1.165) is 17.3 Å². The summed E-state index contributed by atoms with van der Waals surface area (Å²) in [5, 5.41) is 9.18. The molecule has 2 aliphatic rings. The SMILES string of the molecule is N#CN1CCC(N(CC2CCCCC2)S(=O)(=O)c2cc(Br)ccc2Br)C1. The van der Waals surface area contributed by atoms with Gasteiger partial charge in [-0.3, -0.25) is 0 Å². The average molecular weight is 505 g/mol. The third-order valence-corrected chi connectivity index (χ3v) is 8.76. The zero-order valence-corrected chi connectivity index (χ0v) is 18.6. The van der Waals surface area contributed by atoms with Crippen LogP contribution < -0.4 is 0 Å². The Morgan fingerprint density at radius 1 is 1.19 bits per heavy atom. The summed E-state index contributed by atoms with van der Waals surface area (Å²) in [4.78, 5) is 1.95. The lowest BCUT2D eigenvalue weighted by Crippen LogP contribution is -2.44. The summed E-state index contributed by atoms with van der Waals surface area (Å²) < 4.78 is 30.1. The fraction of sp³-hybridized carbons (Fsp3) is 0.611. The Labute approximate surface area is 172 Å². The van der Waals surface area contributed by atoms with Crippen molar-refractivity contribution < 1.29 is 8.42 Å². The van der Waals surface area contributed by atoms with Crippen molar-refractivity contribution >= 4 is 41.9 Å². The summed E-state index contributed by atoms with van der Waals surface area (Å²) in [5.74, 6) is 0.403. The van der Waals surface area contributed by atoms with E-state index in [2.05, 4.69) is 38.1 Å². The van der Waals surface area contributed by atoms with E-state index in [1.54, 1.807) is 21.3 Å². The van der Waals surface area contributed by atoms with Crippen LogP contribution in [0.15, 0.2) is 32.0 Å². The molecule has 1 atom stereocenters. The van der Waals surface area contributed by atoms with Gasteiger partial charge >= 0.3 is 0 Å². The highest BCUT2D eigenvalue weighted by molar-refractivity contribution is 9.11. The van der Waals surface area contributed by atoms with Gasteiger partial charge in [-0.2, -0.15) is 9.57 Å². The molecular weight excluding hydrogens is 482 g/mol. The van der Waals surface area contributed by atoms with Crippen LogP contribution in [0, 0.1) is 17.4 Å². The molecule has 8 heteroatoms. The summed E-state index contributed by atoms with van der Waals surface area (Å²) in [6, 6.07) is 5.09.